The van der Waals surface area contributed by atoms with Crippen molar-refractivity contribution in [1.82, 2.24) is 9.97 Å². The van der Waals surface area contributed by atoms with E-state index >= 15 is 0 Å². The Bertz CT molecular complexity index is 750. The number of nitrogens with one attached hydrogen (secondary N) is 3. The van der Waals surface area contributed by atoms with Crippen LogP contribution in [0.15, 0.2) is 30.5 Å². The molecule has 0 unspecified atom stereocenters. The predicted octanol–water partition coefficient (Wildman–Crippen LogP) is 4.43. The third-order valence-corrected chi connectivity index (χ3v) is 5.02. The highest BCUT2D eigenvalue weighted by Gasteiger charge is 2.19. The maximum atomic E-state index is 8.66. The largest absolute Gasteiger partial charge is 0.399 e. The Balaban J connectivity index is 1.85. The minimum atomic E-state index is 0.411. The smallest absolute Gasteiger partial charge is 0.224 e. The van der Waals surface area contributed by atoms with Gasteiger partial charge in [-0.1, -0.05) is 44.7 Å². The van der Waals surface area contributed by atoms with Crippen molar-refractivity contribution < 1.29 is 0 Å². The molecular formula is C21H30N6. The van der Waals surface area contributed by atoms with Crippen molar-refractivity contribution in [1.29, 1.82) is 5.41 Å². The summed E-state index contributed by atoms with van der Waals surface area (Å²) >= 11 is 0. The number of hydrogen-bond acceptors (Lipinski definition) is 6. The van der Waals surface area contributed by atoms with Gasteiger partial charge in [0.15, 0.2) is 0 Å². The summed E-state index contributed by atoms with van der Waals surface area (Å²) in [7, 11) is 0. The molecule has 1 aromatic carbocycles. The average Bonchev–Trinajstić information content (AvgIpc) is 2.69. The summed E-state index contributed by atoms with van der Waals surface area (Å²) < 4.78 is 0. The highest BCUT2D eigenvalue weighted by atomic mass is 15.1. The summed E-state index contributed by atoms with van der Waals surface area (Å²) in [5.74, 6) is 1.37. The predicted molar refractivity (Wildman–Crippen MR) is 113 cm³/mol. The Labute approximate surface area is 161 Å². The van der Waals surface area contributed by atoms with Crippen molar-refractivity contribution in [2.24, 2.45) is 0 Å². The maximum Gasteiger partial charge on any atom is 0.224 e. The Morgan fingerprint density at radius 3 is 2.63 bits per heavy atom. The molecule has 0 saturated heterocycles. The average molecular weight is 367 g/mol. The fourth-order valence-corrected chi connectivity index (χ4v) is 3.38. The summed E-state index contributed by atoms with van der Waals surface area (Å²) in [5, 5.41) is 15.5. The molecule has 1 saturated carbocycles. The molecule has 1 aromatic heterocycles. The third-order valence-electron chi connectivity index (χ3n) is 5.02. The number of hydrogen-bond donors (Lipinski definition) is 4. The lowest BCUT2D eigenvalue weighted by atomic mass is 9.95. The highest BCUT2D eigenvalue weighted by molar-refractivity contribution is 6.13. The van der Waals surface area contributed by atoms with E-state index in [1.165, 1.54) is 19.3 Å². The van der Waals surface area contributed by atoms with Crippen LogP contribution in [0.2, 0.25) is 0 Å². The van der Waals surface area contributed by atoms with Gasteiger partial charge in [-0.25, -0.2) is 4.98 Å². The van der Waals surface area contributed by atoms with Gasteiger partial charge in [0.2, 0.25) is 5.95 Å². The molecule has 1 fully saturated rings. The quantitative estimate of drug-likeness (QED) is 0.315. The van der Waals surface area contributed by atoms with Crippen LogP contribution in [-0.4, -0.2) is 28.3 Å². The number of anilines is 3. The van der Waals surface area contributed by atoms with Gasteiger partial charge in [0, 0.05) is 30.0 Å². The lowest BCUT2D eigenvalue weighted by molar-refractivity contribution is 0.462. The van der Waals surface area contributed by atoms with Gasteiger partial charge < -0.3 is 16.4 Å². The van der Waals surface area contributed by atoms with Crippen LogP contribution < -0.4 is 16.4 Å². The fraction of sp³-hybridized carbons (Fsp3) is 0.476. The van der Waals surface area contributed by atoms with Gasteiger partial charge in [0.1, 0.15) is 5.82 Å². The van der Waals surface area contributed by atoms with E-state index in [0.29, 0.717) is 23.4 Å². The molecule has 1 aliphatic rings. The molecule has 2 aromatic rings. The van der Waals surface area contributed by atoms with Crippen LogP contribution in [0.1, 0.15) is 63.0 Å². The van der Waals surface area contributed by atoms with E-state index in [4.69, 9.17) is 16.1 Å². The van der Waals surface area contributed by atoms with Crippen molar-refractivity contribution in [3.05, 3.63) is 41.6 Å². The van der Waals surface area contributed by atoms with E-state index in [9.17, 15) is 0 Å². The Hall–Kier alpha value is -2.63. The molecule has 6 nitrogen and oxygen atoms in total. The fourth-order valence-electron chi connectivity index (χ4n) is 3.38. The van der Waals surface area contributed by atoms with Crippen LogP contribution >= 0.6 is 0 Å². The monoisotopic (exact) mass is 366 g/mol. The van der Waals surface area contributed by atoms with Crippen LogP contribution in [0, 0.1) is 5.41 Å². The first-order valence-electron chi connectivity index (χ1n) is 9.99. The van der Waals surface area contributed by atoms with Crippen LogP contribution in [0.4, 0.5) is 17.5 Å². The van der Waals surface area contributed by atoms with Gasteiger partial charge in [0.05, 0.1) is 11.3 Å². The summed E-state index contributed by atoms with van der Waals surface area (Å²) in [6.07, 6.45) is 10.1. The van der Waals surface area contributed by atoms with E-state index in [1.807, 2.05) is 24.3 Å². The molecule has 144 valence electrons. The second-order valence-corrected chi connectivity index (χ2v) is 7.21. The molecule has 6 heteroatoms. The van der Waals surface area contributed by atoms with Crippen molar-refractivity contribution >= 4 is 23.2 Å². The highest BCUT2D eigenvalue weighted by Crippen LogP contribution is 2.25. The molecule has 0 amide bonds. The normalized spacial score (nSPS) is 14.7. The van der Waals surface area contributed by atoms with E-state index in [0.717, 1.165) is 49.2 Å². The molecular weight excluding hydrogens is 336 g/mol. The molecule has 3 rings (SSSR count). The topological polar surface area (TPSA) is 99.7 Å². The minimum Gasteiger partial charge on any atom is -0.399 e. The summed E-state index contributed by atoms with van der Waals surface area (Å²) in [6.45, 7) is 3.02. The van der Waals surface area contributed by atoms with Crippen LogP contribution in [0.3, 0.4) is 0 Å². The number of benzene rings is 1. The van der Waals surface area contributed by atoms with Crippen molar-refractivity contribution in [2.75, 3.05) is 22.9 Å². The number of nitrogens with two attached hydrogens (primary N) is 1. The minimum absolute atomic E-state index is 0.411. The summed E-state index contributed by atoms with van der Waals surface area (Å²) in [4.78, 5) is 9.14. The lowest BCUT2D eigenvalue weighted by Crippen LogP contribution is -2.25. The van der Waals surface area contributed by atoms with Gasteiger partial charge in [-0.2, -0.15) is 4.98 Å². The Kier molecular flexibility index (Phi) is 6.63. The van der Waals surface area contributed by atoms with E-state index in [2.05, 4.69) is 22.5 Å². The van der Waals surface area contributed by atoms with Crippen LogP contribution in [-0.2, 0) is 0 Å². The van der Waals surface area contributed by atoms with Crippen molar-refractivity contribution in [2.45, 2.75) is 57.9 Å². The zero-order valence-electron chi connectivity index (χ0n) is 16.1. The van der Waals surface area contributed by atoms with Crippen LogP contribution in [0.25, 0.3) is 0 Å². The first-order chi connectivity index (χ1) is 13.2. The van der Waals surface area contributed by atoms with Gasteiger partial charge in [-0.05, 0) is 31.4 Å². The molecule has 27 heavy (non-hydrogen) atoms. The molecule has 0 bridgehead atoms. The Morgan fingerprint density at radius 2 is 1.93 bits per heavy atom. The molecule has 0 aliphatic heterocycles. The van der Waals surface area contributed by atoms with E-state index < -0.39 is 0 Å². The van der Waals surface area contributed by atoms with Gasteiger partial charge in [-0.15, -0.1) is 0 Å². The Morgan fingerprint density at radius 1 is 1.19 bits per heavy atom. The zero-order chi connectivity index (χ0) is 19.1. The number of nitrogens with zero attached hydrogens (tertiary/aromatic N) is 2. The molecule has 1 aliphatic carbocycles. The van der Waals surface area contributed by atoms with Gasteiger partial charge >= 0.3 is 0 Å². The van der Waals surface area contributed by atoms with E-state index in [-0.39, 0.29) is 0 Å². The SMILES string of the molecule is CCCCNc1ncc(C(=N)c2ccc(N)cc2)c(NC2CCCCC2)n1. The standard InChI is InChI=1S/C21H30N6/c1-2-3-13-24-21-25-14-18(19(23)15-9-11-16(22)12-10-15)20(27-21)26-17-7-5-4-6-8-17/h9-12,14,17,23H,2-8,13,22H2,1H3,(H2,24,25,26,27). The number of nitrogen functional groups attached to an aromatic ring is 1. The second kappa shape index (κ2) is 9.35. The first kappa shape index (κ1) is 19.1. The van der Waals surface area contributed by atoms with Crippen molar-refractivity contribution in [3.63, 3.8) is 0 Å². The first-order valence-corrected chi connectivity index (χ1v) is 9.99. The van der Waals surface area contributed by atoms with Gasteiger partial charge in [0.25, 0.3) is 0 Å². The number of unbranched alkanes of at least 4 members (excludes halogenated alkanes) is 1. The zero-order valence-corrected chi connectivity index (χ0v) is 16.1. The van der Waals surface area contributed by atoms with Crippen molar-refractivity contribution in [3.8, 4) is 0 Å². The lowest BCUT2D eigenvalue weighted by Gasteiger charge is -2.24. The molecule has 0 spiro atoms. The summed E-state index contributed by atoms with van der Waals surface area (Å²) in [5.41, 5.74) is 8.42. The van der Waals surface area contributed by atoms with Gasteiger partial charge in [-0.3, -0.25) is 5.41 Å². The number of rotatable bonds is 8. The maximum absolute atomic E-state index is 8.66. The molecule has 0 atom stereocenters. The number of aromatic nitrogens is 2. The second-order valence-electron chi connectivity index (χ2n) is 7.21. The molecule has 0 radical (unpaired) electrons. The molecule has 5 N–H and O–H groups in total. The summed E-state index contributed by atoms with van der Waals surface area (Å²) in [6, 6.07) is 7.79. The third kappa shape index (κ3) is 5.18. The van der Waals surface area contributed by atoms with E-state index in [1.54, 1.807) is 6.20 Å². The van der Waals surface area contributed by atoms with Crippen LogP contribution in [0.5, 0.6) is 0 Å². The molecule has 1 heterocycles.